The van der Waals surface area contributed by atoms with Gasteiger partial charge in [-0.1, -0.05) is 37.3 Å². The van der Waals surface area contributed by atoms with Gasteiger partial charge >= 0.3 is 0 Å². The molecule has 138 valence electrons. The number of aryl methyl sites for hydroxylation is 1. The molecule has 1 aliphatic rings. The molecule has 0 unspecified atom stereocenters. The number of aromatic hydroxyl groups is 1. The molecule has 3 heterocycles. The fourth-order valence-electron chi connectivity index (χ4n) is 3.58. The first-order chi connectivity index (χ1) is 12.6. The molecule has 1 N–H and O–H groups in total. The molecular formula is C19H23FN4OS. The zero-order valence-electron chi connectivity index (χ0n) is 15.0. The molecule has 3 aromatic rings. The van der Waals surface area contributed by atoms with Crippen LogP contribution >= 0.6 is 11.3 Å². The fourth-order valence-corrected chi connectivity index (χ4v) is 4.71. The van der Waals surface area contributed by atoms with Gasteiger partial charge in [0.1, 0.15) is 5.82 Å². The van der Waals surface area contributed by atoms with Crippen LogP contribution in [0.3, 0.4) is 0 Å². The third kappa shape index (κ3) is 3.10. The molecule has 1 fully saturated rings. The summed E-state index contributed by atoms with van der Waals surface area (Å²) in [5.74, 6) is 1.33. The molecule has 0 bridgehead atoms. The quantitative estimate of drug-likeness (QED) is 0.749. The molecule has 26 heavy (non-hydrogen) atoms. The molecule has 1 aromatic carbocycles. The predicted molar refractivity (Wildman–Crippen MR) is 100 cm³/mol. The number of benzene rings is 1. The van der Waals surface area contributed by atoms with Gasteiger partial charge in [0.05, 0.1) is 10.9 Å². The number of piperidine rings is 1. The van der Waals surface area contributed by atoms with Crippen molar-refractivity contribution < 1.29 is 9.50 Å². The Hall–Kier alpha value is -1.99. The second kappa shape index (κ2) is 6.96. The Balaban J connectivity index is 1.78. The second-order valence-corrected chi connectivity index (χ2v) is 8.05. The van der Waals surface area contributed by atoms with Gasteiger partial charge in [0.2, 0.25) is 10.8 Å². The Morgan fingerprint density at radius 1 is 1.27 bits per heavy atom. The van der Waals surface area contributed by atoms with E-state index in [2.05, 4.69) is 21.9 Å². The highest BCUT2D eigenvalue weighted by Gasteiger charge is 2.31. The van der Waals surface area contributed by atoms with E-state index < -0.39 is 0 Å². The normalized spacial score (nSPS) is 17.8. The van der Waals surface area contributed by atoms with Crippen LogP contribution in [0.5, 0.6) is 5.88 Å². The third-order valence-electron chi connectivity index (χ3n) is 5.18. The summed E-state index contributed by atoms with van der Waals surface area (Å²) < 4.78 is 15.0. The van der Waals surface area contributed by atoms with Crippen LogP contribution in [0.1, 0.15) is 49.0 Å². The minimum absolute atomic E-state index is 0.110. The number of hydrogen-bond donors (Lipinski definition) is 1. The summed E-state index contributed by atoms with van der Waals surface area (Å²) in [5.41, 5.74) is 0.983. The molecule has 0 radical (unpaired) electrons. The molecule has 1 saturated heterocycles. The Morgan fingerprint density at radius 2 is 1.96 bits per heavy atom. The summed E-state index contributed by atoms with van der Waals surface area (Å²) in [4.78, 5) is 8.39. The molecule has 0 aliphatic carbocycles. The van der Waals surface area contributed by atoms with Crippen molar-refractivity contribution in [1.82, 2.24) is 19.5 Å². The predicted octanol–water partition coefficient (Wildman–Crippen LogP) is 4.02. The highest BCUT2D eigenvalue weighted by atomic mass is 32.1. The van der Waals surface area contributed by atoms with Crippen LogP contribution in [-0.4, -0.2) is 37.7 Å². The van der Waals surface area contributed by atoms with Crippen molar-refractivity contribution in [2.75, 3.05) is 13.1 Å². The average Bonchev–Trinajstić information content (AvgIpc) is 3.18. The van der Waals surface area contributed by atoms with E-state index in [0.717, 1.165) is 48.6 Å². The van der Waals surface area contributed by atoms with Crippen LogP contribution in [-0.2, 0) is 6.42 Å². The van der Waals surface area contributed by atoms with Crippen LogP contribution < -0.4 is 0 Å². The third-order valence-corrected chi connectivity index (χ3v) is 6.25. The van der Waals surface area contributed by atoms with E-state index in [9.17, 15) is 9.50 Å². The van der Waals surface area contributed by atoms with Gasteiger partial charge in [-0.25, -0.2) is 9.37 Å². The van der Waals surface area contributed by atoms with Crippen LogP contribution in [0.4, 0.5) is 4.39 Å². The standard InChI is InChI=1S/C19H23FN4OS/c1-3-15-21-19-24(22-15)18(25)17(26-19)16(13-4-6-14(20)7-5-13)23-10-8-12(2)9-11-23/h4-7,12,16,25H,3,8-11H2,1-2H3/t16-/m0/s1. The number of nitrogens with zero attached hydrogens (tertiary/aromatic N) is 4. The molecule has 7 heteroatoms. The molecule has 2 aromatic heterocycles. The first kappa shape index (κ1) is 17.4. The lowest BCUT2D eigenvalue weighted by atomic mass is 9.95. The number of likely N-dealkylation sites (tertiary alicyclic amines) is 1. The minimum atomic E-state index is -0.251. The monoisotopic (exact) mass is 374 g/mol. The smallest absolute Gasteiger partial charge is 0.230 e. The number of hydrogen-bond acceptors (Lipinski definition) is 5. The average molecular weight is 374 g/mol. The van der Waals surface area contributed by atoms with Gasteiger partial charge in [0.25, 0.3) is 0 Å². The van der Waals surface area contributed by atoms with Crippen LogP contribution in [0.15, 0.2) is 24.3 Å². The number of thiazole rings is 1. The number of rotatable bonds is 4. The van der Waals surface area contributed by atoms with Gasteiger partial charge < -0.3 is 5.11 Å². The summed E-state index contributed by atoms with van der Waals surface area (Å²) in [5, 5.41) is 15.2. The fraction of sp³-hybridized carbons (Fsp3) is 0.474. The van der Waals surface area contributed by atoms with E-state index in [-0.39, 0.29) is 17.7 Å². The molecule has 0 spiro atoms. The van der Waals surface area contributed by atoms with E-state index in [1.807, 2.05) is 19.1 Å². The molecule has 0 amide bonds. The lowest BCUT2D eigenvalue weighted by Crippen LogP contribution is -2.36. The van der Waals surface area contributed by atoms with Gasteiger partial charge in [-0.3, -0.25) is 4.90 Å². The summed E-state index contributed by atoms with van der Waals surface area (Å²) in [6.45, 7) is 6.18. The zero-order valence-corrected chi connectivity index (χ0v) is 15.8. The van der Waals surface area contributed by atoms with Gasteiger partial charge in [-0.15, -0.1) is 5.10 Å². The Kier molecular flexibility index (Phi) is 4.67. The summed E-state index contributed by atoms with van der Waals surface area (Å²) in [7, 11) is 0. The van der Waals surface area contributed by atoms with Crippen molar-refractivity contribution in [1.29, 1.82) is 0 Å². The first-order valence-corrected chi connectivity index (χ1v) is 9.95. The van der Waals surface area contributed by atoms with Crippen molar-refractivity contribution in [3.05, 3.63) is 46.3 Å². The maximum absolute atomic E-state index is 13.4. The van der Waals surface area contributed by atoms with E-state index in [0.29, 0.717) is 10.9 Å². The van der Waals surface area contributed by atoms with Gasteiger partial charge in [0.15, 0.2) is 5.82 Å². The molecule has 1 atom stereocenters. The Bertz CT molecular complexity index is 896. The van der Waals surface area contributed by atoms with Crippen molar-refractivity contribution in [2.24, 2.45) is 5.92 Å². The topological polar surface area (TPSA) is 53.7 Å². The highest BCUT2D eigenvalue weighted by Crippen LogP contribution is 2.41. The number of halogens is 1. The maximum Gasteiger partial charge on any atom is 0.230 e. The lowest BCUT2D eigenvalue weighted by molar-refractivity contribution is 0.157. The van der Waals surface area contributed by atoms with E-state index in [1.54, 1.807) is 0 Å². The summed E-state index contributed by atoms with van der Waals surface area (Å²) in [6.07, 6.45) is 2.98. The van der Waals surface area contributed by atoms with Crippen molar-refractivity contribution >= 4 is 16.3 Å². The number of aromatic nitrogens is 3. The Labute approximate surface area is 156 Å². The van der Waals surface area contributed by atoms with Crippen LogP contribution in [0, 0.1) is 11.7 Å². The molecule has 0 saturated carbocycles. The molecule has 4 rings (SSSR count). The second-order valence-electron chi connectivity index (χ2n) is 7.04. The Morgan fingerprint density at radius 3 is 2.58 bits per heavy atom. The van der Waals surface area contributed by atoms with Crippen LogP contribution in [0.2, 0.25) is 0 Å². The number of fused-ring (bicyclic) bond motifs is 1. The summed E-state index contributed by atoms with van der Waals surface area (Å²) >= 11 is 1.47. The van der Waals surface area contributed by atoms with Gasteiger partial charge in [-0.05, 0) is 49.5 Å². The minimum Gasteiger partial charge on any atom is -0.492 e. The van der Waals surface area contributed by atoms with Gasteiger partial charge in [-0.2, -0.15) is 4.52 Å². The van der Waals surface area contributed by atoms with Crippen molar-refractivity contribution in [3.8, 4) is 5.88 Å². The zero-order chi connectivity index (χ0) is 18.3. The highest BCUT2D eigenvalue weighted by molar-refractivity contribution is 7.17. The van der Waals surface area contributed by atoms with Crippen molar-refractivity contribution in [3.63, 3.8) is 0 Å². The van der Waals surface area contributed by atoms with E-state index in [4.69, 9.17) is 0 Å². The molecular weight excluding hydrogens is 351 g/mol. The molecule has 5 nitrogen and oxygen atoms in total. The van der Waals surface area contributed by atoms with Crippen LogP contribution in [0.25, 0.3) is 4.96 Å². The molecule has 1 aliphatic heterocycles. The maximum atomic E-state index is 13.4. The lowest BCUT2D eigenvalue weighted by Gasteiger charge is -2.36. The SMILES string of the molecule is CCc1nc2sc([C@H](c3ccc(F)cc3)N3CCC(C)CC3)c(O)n2n1. The largest absolute Gasteiger partial charge is 0.492 e. The van der Waals surface area contributed by atoms with Crippen molar-refractivity contribution in [2.45, 2.75) is 39.2 Å². The van der Waals surface area contributed by atoms with Gasteiger partial charge in [0, 0.05) is 6.42 Å². The first-order valence-electron chi connectivity index (χ1n) is 9.13. The summed E-state index contributed by atoms with van der Waals surface area (Å²) in [6, 6.07) is 6.48. The van der Waals surface area contributed by atoms with E-state index in [1.165, 1.54) is 28.0 Å². The van der Waals surface area contributed by atoms with E-state index >= 15 is 0 Å².